The van der Waals surface area contributed by atoms with Crippen molar-refractivity contribution in [1.82, 2.24) is 15.3 Å². The number of H-pyrrole nitrogens is 1. The zero-order chi connectivity index (χ0) is 20.1. The van der Waals surface area contributed by atoms with E-state index >= 15 is 0 Å². The standard InChI is InChI=1S/C20H20F3N3O2/c1-13(14-7-9-19(25-10-14)28-12-20(21,22)23)26-18(27)8-6-15-11-24-17-5-3-2-4-16(15)17/h2-5,7,9-11,13,24H,6,8,12H2,1H3,(H,26,27)/t13-/m1/s1. The van der Waals surface area contributed by atoms with Crippen molar-refractivity contribution >= 4 is 16.8 Å². The number of hydrogen-bond acceptors (Lipinski definition) is 3. The van der Waals surface area contributed by atoms with E-state index in [2.05, 4.69) is 20.0 Å². The molecule has 0 saturated heterocycles. The summed E-state index contributed by atoms with van der Waals surface area (Å²) in [4.78, 5) is 19.3. The molecule has 0 spiro atoms. The topological polar surface area (TPSA) is 67.0 Å². The molecule has 2 aromatic heterocycles. The summed E-state index contributed by atoms with van der Waals surface area (Å²) in [5, 5.41) is 3.97. The molecule has 28 heavy (non-hydrogen) atoms. The highest BCUT2D eigenvalue weighted by atomic mass is 19.4. The summed E-state index contributed by atoms with van der Waals surface area (Å²) < 4.78 is 41.0. The second-order valence-electron chi connectivity index (χ2n) is 6.48. The molecular weight excluding hydrogens is 371 g/mol. The zero-order valence-electron chi connectivity index (χ0n) is 15.2. The third-order valence-electron chi connectivity index (χ3n) is 4.32. The summed E-state index contributed by atoms with van der Waals surface area (Å²) in [5.74, 6) is -0.228. The second kappa shape index (κ2) is 8.33. The first-order chi connectivity index (χ1) is 13.3. The number of hydrogen-bond donors (Lipinski definition) is 2. The first-order valence-corrected chi connectivity index (χ1v) is 8.82. The third-order valence-corrected chi connectivity index (χ3v) is 4.32. The fraction of sp³-hybridized carbons (Fsp3) is 0.300. The van der Waals surface area contributed by atoms with Gasteiger partial charge in [-0.25, -0.2) is 4.98 Å². The number of carbonyl (C=O) groups excluding carboxylic acids is 1. The number of carbonyl (C=O) groups is 1. The Morgan fingerprint density at radius 1 is 1.25 bits per heavy atom. The molecule has 2 heterocycles. The highest BCUT2D eigenvalue weighted by Gasteiger charge is 2.28. The molecule has 2 N–H and O–H groups in total. The molecule has 0 aliphatic rings. The van der Waals surface area contributed by atoms with Gasteiger partial charge in [0, 0.05) is 35.8 Å². The van der Waals surface area contributed by atoms with E-state index in [1.807, 2.05) is 30.5 Å². The number of nitrogens with zero attached hydrogens (tertiary/aromatic N) is 1. The van der Waals surface area contributed by atoms with E-state index in [-0.39, 0.29) is 17.8 Å². The van der Waals surface area contributed by atoms with E-state index in [9.17, 15) is 18.0 Å². The number of amides is 1. The average Bonchev–Trinajstić information content (AvgIpc) is 3.08. The highest BCUT2D eigenvalue weighted by Crippen LogP contribution is 2.20. The van der Waals surface area contributed by atoms with Crippen LogP contribution in [0.2, 0.25) is 0 Å². The number of aryl methyl sites for hydroxylation is 1. The second-order valence-corrected chi connectivity index (χ2v) is 6.48. The Morgan fingerprint density at radius 3 is 2.75 bits per heavy atom. The minimum absolute atomic E-state index is 0.112. The van der Waals surface area contributed by atoms with E-state index in [0.29, 0.717) is 18.4 Å². The summed E-state index contributed by atoms with van der Waals surface area (Å²) in [6.07, 6.45) is -0.175. The molecule has 5 nitrogen and oxygen atoms in total. The summed E-state index contributed by atoms with van der Waals surface area (Å²) >= 11 is 0. The third kappa shape index (κ3) is 5.25. The van der Waals surface area contributed by atoms with Crippen LogP contribution in [0.3, 0.4) is 0 Å². The predicted octanol–water partition coefficient (Wildman–Crippen LogP) is 4.31. The van der Waals surface area contributed by atoms with Crippen LogP contribution in [0.1, 0.15) is 30.5 Å². The van der Waals surface area contributed by atoms with E-state index in [1.54, 1.807) is 13.0 Å². The van der Waals surface area contributed by atoms with Crippen LogP contribution in [0.4, 0.5) is 13.2 Å². The maximum absolute atomic E-state index is 12.2. The van der Waals surface area contributed by atoms with Crippen molar-refractivity contribution in [3.63, 3.8) is 0 Å². The van der Waals surface area contributed by atoms with Crippen LogP contribution in [0, 0.1) is 0 Å². The lowest BCUT2D eigenvalue weighted by molar-refractivity contribution is -0.154. The van der Waals surface area contributed by atoms with E-state index in [1.165, 1.54) is 12.3 Å². The molecule has 0 bridgehead atoms. The highest BCUT2D eigenvalue weighted by molar-refractivity contribution is 5.84. The Bertz CT molecular complexity index is 936. The number of para-hydroxylation sites is 1. The molecule has 0 unspecified atom stereocenters. The summed E-state index contributed by atoms with van der Waals surface area (Å²) in [6.45, 7) is 0.399. The quantitative estimate of drug-likeness (QED) is 0.631. The van der Waals surface area contributed by atoms with Gasteiger partial charge < -0.3 is 15.0 Å². The largest absolute Gasteiger partial charge is 0.468 e. The number of aromatic nitrogens is 2. The average molecular weight is 391 g/mol. The van der Waals surface area contributed by atoms with Gasteiger partial charge in [0.05, 0.1) is 6.04 Å². The fourth-order valence-corrected chi connectivity index (χ4v) is 2.87. The lowest BCUT2D eigenvalue weighted by Crippen LogP contribution is -2.27. The number of pyridine rings is 1. The Balaban J connectivity index is 1.51. The molecule has 1 atom stereocenters. The summed E-state index contributed by atoms with van der Waals surface area (Å²) in [5.41, 5.74) is 2.79. The SMILES string of the molecule is C[C@@H](NC(=O)CCc1c[nH]c2ccccc12)c1ccc(OCC(F)(F)F)nc1. The Hall–Kier alpha value is -3.03. The van der Waals surface area contributed by atoms with Gasteiger partial charge in [0.15, 0.2) is 6.61 Å². The number of fused-ring (bicyclic) bond motifs is 1. The van der Waals surface area contributed by atoms with Gasteiger partial charge in [0.25, 0.3) is 0 Å². The number of benzene rings is 1. The number of rotatable bonds is 7. The van der Waals surface area contributed by atoms with Crippen molar-refractivity contribution in [1.29, 1.82) is 0 Å². The van der Waals surface area contributed by atoms with Crippen LogP contribution < -0.4 is 10.1 Å². The van der Waals surface area contributed by atoms with Crippen LogP contribution in [0.25, 0.3) is 10.9 Å². The Kier molecular flexibility index (Phi) is 5.87. The lowest BCUT2D eigenvalue weighted by atomic mass is 10.1. The van der Waals surface area contributed by atoms with Gasteiger partial charge in [-0.05, 0) is 30.5 Å². The van der Waals surface area contributed by atoms with E-state index in [0.717, 1.165) is 16.5 Å². The molecule has 148 valence electrons. The Labute approximate surface area is 159 Å². The van der Waals surface area contributed by atoms with Gasteiger partial charge in [-0.3, -0.25) is 4.79 Å². The van der Waals surface area contributed by atoms with Crippen LogP contribution >= 0.6 is 0 Å². The normalized spacial score (nSPS) is 12.7. The molecule has 0 aliphatic heterocycles. The van der Waals surface area contributed by atoms with E-state index < -0.39 is 12.8 Å². The van der Waals surface area contributed by atoms with Crippen molar-refractivity contribution in [2.75, 3.05) is 6.61 Å². The number of nitrogens with one attached hydrogen (secondary N) is 2. The van der Waals surface area contributed by atoms with Gasteiger partial charge in [-0.15, -0.1) is 0 Å². The Morgan fingerprint density at radius 2 is 2.04 bits per heavy atom. The smallest absolute Gasteiger partial charge is 0.422 e. The van der Waals surface area contributed by atoms with E-state index in [4.69, 9.17) is 0 Å². The maximum Gasteiger partial charge on any atom is 0.422 e. The summed E-state index contributed by atoms with van der Waals surface area (Å²) in [6, 6.07) is 10.5. The van der Waals surface area contributed by atoms with Crippen molar-refractivity contribution < 1.29 is 22.7 Å². The predicted molar refractivity (Wildman–Crippen MR) is 99.0 cm³/mol. The van der Waals surface area contributed by atoms with Gasteiger partial charge in [0.1, 0.15) is 0 Å². The van der Waals surface area contributed by atoms with Crippen molar-refractivity contribution in [2.45, 2.75) is 32.0 Å². The number of ether oxygens (including phenoxy) is 1. The maximum atomic E-state index is 12.2. The van der Waals surface area contributed by atoms with Gasteiger partial charge in [0.2, 0.25) is 11.8 Å². The van der Waals surface area contributed by atoms with Crippen LogP contribution in [0.5, 0.6) is 5.88 Å². The molecule has 8 heteroatoms. The number of alkyl halides is 3. The van der Waals surface area contributed by atoms with Crippen LogP contribution in [-0.2, 0) is 11.2 Å². The van der Waals surface area contributed by atoms with Crippen LogP contribution in [0.15, 0.2) is 48.8 Å². The minimum Gasteiger partial charge on any atom is -0.468 e. The fourth-order valence-electron chi connectivity index (χ4n) is 2.87. The van der Waals surface area contributed by atoms with Gasteiger partial charge in [-0.1, -0.05) is 24.3 Å². The monoisotopic (exact) mass is 391 g/mol. The number of halogens is 3. The van der Waals surface area contributed by atoms with Crippen molar-refractivity contribution in [2.24, 2.45) is 0 Å². The molecule has 0 radical (unpaired) electrons. The first kappa shape index (κ1) is 19.7. The zero-order valence-corrected chi connectivity index (χ0v) is 15.2. The lowest BCUT2D eigenvalue weighted by Gasteiger charge is -2.15. The summed E-state index contributed by atoms with van der Waals surface area (Å²) in [7, 11) is 0. The van der Waals surface area contributed by atoms with Gasteiger partial charge >= 0.3 is 6.18 Å². The molecule has 0 saturated carbocycles. The molecular formula is C20H20F3N3O2. The molecule has 0 fully saturated rings. The molecule has 1 amide bonds. The van der Waals surface area contributed by atoms with Crippen molar-refractivity contribution in [3.8, 4) is 5.88 Å². The number of aromatic amines is 1. The van der Waals surface area contributed by atoms with Crippen LogP contribution in [-0.4, -0.2) is 28.7 Å². The molecule has 3 rings (SSSR count). The van der Waals surface area contributed by atoms with Crippen molar-refractivity contribution in [3.05, 3.63) is 59.9 Å². The molecule has 1 aromatic carbocycles. The first-order valence-electron chi connectivity index (χ1n) is 8.82. The van der Waals surface area contributed by atoms with Gasteiger partial charge in [-0.2, -0.15) is 13.2 Å². The minimum atomic E-state index is -4.41. The molecule has 3 aromatic rings. The molecule has 0 aliphatic carbocycles.